The highest BCUT2D eigenvalue weighted by atomic mass is 31.2. The molecule has 0 aromatic heterocycles. The van der Waals surface area contributed by atoms with Gasteiger partial charge in [0, 0.05) is 0 Å². The van der Waals surface area contributed by atoms with Gasteiger partial charge in [-0.15, -0.1) is 0 Å². The van der Waals surface area contributed by atoms with E-state index in [4.69, 9.17) is 4.52 Å². The molecular formula is C18H23O3P. The summed E-state index contributed by atoms with van der Waals surface area (Å²) in [6, 6.07) is 15.9. The highest BCUT2D eigenvalue weighted by Crippen LogP contribution is 2.41. The molecule has 0 fully saturated rings. The highest BCUT2D eigenvalue weighted by Gasteiger charge is 2.24. The third kappa shape index (κ3) is 5.01. The standard InChI is InChI=1S/C18H23O3P/c1-2-3-4-6-9-16-12-14-18(15-13-16)22(19,20)21-17-10-7-5-8-11-17/h5,7-8,10-15H,2-4,6,9H2,1H3,(H,19,20). The second-order valence-electron chi connectivity index (χ2n) is 5.40. The molecule has 2 aromatic rings. The second-order valence-corrected chi connectivity index (χ2v) is 7.14. The maximum atomic E-state index is 12.3. The van der Waals surface area contributed by atoms with Gasteiger partial charge in [-0.2, -0.15) is 0 Å². The fourth-order valence-corrected chi connectivity index (χ4v) is 3.32. The summed E-state index contributed by atoms with van der Waals surface area (Å²) >= 11 is 0. The van der Waals surface area contributed by atoms with Crippen molar-refractivity contribution in [2.24, 2.45) is 0 Å². The Hall–Kier alpha value is -1.57. The summed E-state index contributed by atoms with van der Waals surface area (Å²) in [5.41, 5.74) is 1.19. The van der Waals surface area contributed by atoms with Crippen LogP contribution in [0.1, 0.15) is 38.2 Å². The maximum absolute atomic E-state index is 12.3. The monoisotopic (exact) mass is 318 g/mol. The Kier molecular flexibility index (Phi) is 6.23. The topological polar surface area (TPSA) is 46.5 Å². The zero-order chi connectivity index (χ0) is 15.8. The average Bonchev–Trinajstić information content (AvgIpc) is 2.53. The third-order valence-electron chi connectivity index (χ3n) is 3.55. The van der Waals surface area contributed by atoms with Crippen LogP contribution in [0.5, 0.6) is 5.75 Å². The number of para-hydroxylation sites is 1. The van der Waals surface area contributed by atoms with Crippen molar-refractivity contribution >= 4 is 12.9 Å². The van der Waals surface area contributed by atoms with Gasteiger partial charge < -0.3 is 9.42 Å². The van der Waals surface area contributed by atoms with Crippen LogP contribution >= 0.6 is 7.60 Å². The van der Waals surface area contributed by atoms with Crippen molar-refractivity contribution in [2.45, 2.75) is 39.0 Å². The van der Waals surface area contributed by atoms with Gasteiger partial charge in [0.1, 0.15) is 5.75 Å². The Morgan fingerprint density at radius 3 is 2.27 bits per heavy atom. The zero-order valence-corrected chi connectivity index (χ0v) is 13.8. The van der Waals surface area contributed by atoms with Gasteiger partial charge in [0.2, 0.25) is 0 Å². The molecule has 0 saturated heterocycles. The van der Waals surface area contributed by atoms with E-state index in [0.717, 1.165) is 12.8 Å². The number of hydrogen-bond donors (Lipinski definition) is 1. The lowest BCUT2D eigenvalue weighted by Gasteiger charge is -2.13. The van der Waals surface area contributed by atoms with Gasteiger partial charge in [-0.25, -0.2) is 4.57 Å². The van der Waals surface area contributed by atoms with Crippen molar-refractivity contribution in [3.8, 4) is 5.75 Å². The van der Waals surface area contributed by atoms with Gasteiger partial charge in [0.05, 0.1) is 5.30 Å². The van der Waals surface area contributed by atoms with Crippen LogP contribution in [0.15, 0.2) is 54.6 Å². The summed E-state index contributed by atoms with van der Waals surface area (Å²) in [6.45, 7) is 2.19. The summed E-state index contributed by atoms with van der Waals surface area (Å²) in [7, 11) is -3.82. The number of unbranched alkanes of at least 4 members (excludes halogenated alkanes) is 3. The van der Waals surface area contributed by atoms with E-state index in [9.17, 15) is 9.46 Å². The first-order valence-corrected chi connectivity index (χ1v) is 9.36. The zero-order valence-electron chi connectivity index (χ0n) is 12.9. The molecule has 1 atom stereocenters. The van der Waals surface area contributed by atoms with Crippen LogP contribution < -0.4 is 9.83 Å². The second kappa shape index (κ2) is 8.17. The lowest BCUT2D eigenvalue weighted by atomic mass is 10.1. The molecule has 118 valence electrons. The van der Waals surface area contributed by atoms with E-state index in [-0.39, 0.29) is 0 Å². The molecule has 0 bridgehead atoms. The van der Waals surface area contributed by atoms with Crippen LogP contribution in [0, 0.1) is 0 Å². The SMILES string of the molecule is CCCCCCc1ccc(P(=O)(O)Oc2ccccc2)cc1. The van der Waals surface area contributed by atoms with Crippen LogP contribution in [0.25, 0.3) is 0 Å². The molecule has 2 rings (SSSR count). The minimum Gasteiger partial charge on any atom is -0.421 e. The molecule has 22 heavy (non-hydrogen) atoms. The molecule has 1 N–H and O–H groups in total. The molecule has 0 heterocycles. The van der Waals surface area contributed by atoms with Crippen LogP contribution in [-0.2, 0) is 11.0 Å². The first-order valence-electron chi connectivity index (χ1n) is 7.79. The van der Waals surface area contributed by atoms with Crippen molar-refractivity contribution in [1.29, 1.82) is 0 Å². The minimum absolute atomic E-state index is 0.327. The molecule has 0 aliphatic rings. The van der Waals surface area contributed by atoms with E-state index < -0.39 is 7.60 Å². The van der Waals surface area contributed by atoms with E-state index in [1.165, 1.54) is 24.8 Å². The van der Waals surface area contributed by atoms with E-state index in [0.29, 0.717) is 11.1 Å². The molecular weight excluding hydrogens is 295 g/mol. The number of aryl methyl sites for hydroxylation is 1. The van der Waals surface area contributed by atoms with Crippen LogP contribution in [0.4, 0.5) is 0 Å². The van der Waals surface area contributed by atoms with Crippen LogP contribution in [-0.4, -0.2) is 4.89 Å². The molecule has 4 heteroatoms. The van der Waals surface area contributed by atoms with E-state index >= 15 is 0 Å². The predicted octanol–water partition coefficient (Wildman–Crippen LogP) is 4.70. The van der Waals surface area contributed by atoms with Gasteiger partial charge in [-0.05, 0) is 42.7 Å². The Morgan fingerprint density at radius 1 is 0.955 bits per heavy atom. The Balaban J connectivity index is 1.98. The average molecular weight is 318 g/mol. The predicted molar refractivity (Wildman–Crippen MR) is 90.8 cm³/mol. The Labute approximate surface area is 132 Å². The van der Waals surface area contributed by atoms with Crippen molar-refractivity contribution < 1.29 is 14.0 Å². The van der Waals surface area contributed by atoms with Gasteiger partial charge in [-0.1, -0.05) is 56.5 Å². The number of benzene rings is 2. The quantitative estimate of drug-likeness (QED) is 0.567. The van der Waals surface area contributed by atoms with E-state index in [2.05, 4.69) is 6.92 Å². The highest BCUT2D eigenvalue weighted by molar-refractivity contribution is 7.61. The normalized spacial score (nSPS) is 13.5. The molecule has 1 unspecified atom stereocenters. The van der Waals surface area contributed by atoms with Crippen LogP contribution in [0.3, 0.4) is 0 Å². The van der Waals surface area contributed by atoms with Crippen molar-refractivity contribution in [3.63, 3.8) is 0 Å². The minimum atomic E-state index is -3.82. The summed E-state index contributed by atoms with van der Waals surface area (Å²) in [5, 5.41) is 0.327. The summed E-state index contributed by atoms with van der Waals surface area (Å²) in [5.74, 6) is 0.400. The molecule has 0 radical (unpaired) electrons. The van der Waals surface area contributed by atoms with E-state index in [1.54, 1.807) is 36.4 Å². The van der Waals surface area contributed by atoms with Gasteiger partial charge in [0.15, 0.2) is 0 Å². The van der Waals surface area contributed by atoms with Crippen molar-refractivity contribution in [3.05, 3.63) is 60.2 Å². The fourth-order valence-electron chi connectivity index (χ4n) is 2.28. The first kappa shape index (κ1) is 16.8. The third-order valence-corrected chi connectivity index (χ3v) is 4.96. The summed E-state index contributed by atoms with van der Waals surface area (Å²) in [4.78, 5) is 10.1. The first-order chi connectivity index (χ1) is 10.6. The molecule has 0 aliphatic carbocycles. The summed E-state index contributed by atoms with van der Waals surface area (Å²) in [6.07, 6.45) is 5.88. The Morgan fingerprint density at radius 2 is 1.64 bits per heavy atom. The summed E-state index contributed by atoms with van der Waals surface area (Å²) < 4.78 is 17.6. The lowest BCUT2D eigenvalue weighted by Crippen LogP contribution is -2.09. The van der Waals surface area contributed by atoms with Gasteiger partial charge in [-0.3, -0.25) is 0 Å². The lowest BCUT2D eigenvalue weighted by molar-refractivity contribution is 0.393. The van der Waals surface area contributed by atoms with Crippen molar-refractivity contribution in [2.75, 3.05) is 0 Å². The maximum Gasteiger partial charge on any atom is 0.408 e. The molecule has 2 aromatic carbocycles. The van der Waals surface area contributed by atoms with Gasteiger partial charge >= 0.3 is 7.60 Å². The Bertz CT molecular complexity index is 608. The fraction of sp³-hybridized carbons (Fsp3) is 0.333. The molecule has 3 nitrogen and oxygen atoms in total. The van der Waals surface area contributed by atoms with Crippen molar-refractivity contribution in [1.82, 2.24) is 0 Å². The van der Waals surface area contributed by atoms with E-state index in [1.807, 2.05) is 18.2 Å². The molecule has 0 spiro atoms. The van der Waals surface area contributed by atoms with Gasteiger partial charge in [0.25, 0.3) is 0 Å². The smallest absolute Gasteiger partial charge is 0.408 e. The number of hydrogen-bond acceptors (Lipinski definition) is 2. The van der Waals surface area contributed by atoms with Crippen LogP contribution in [0.2, 0.25) is 0 Å². The molecule has 0 amide bonds. The largest absolute Gasteiger partial charge is 0.421 e. The molecule has 0 saturated carbocycles. The number of rotatable bonds is 8. The molecule has 0 aliphatic heterocycles.